The topological polar surface area (TPSA) is 86.7 Å². The van der Waals surface area contributed by atoms with E-state index in [2.05, 4.69) is 5.32 Å². The molecule has 1 aromatic rings. The zero-order chi connectivity index (χ0) is 20.2. The fourth-order valence-corrected chi connectivity index (χ4v) is 2.54. The number of hydrogen-bond acceptors (Lipinski definition) is 3. The molecule has 0 aliphatic rings. The van der Waals surface area contributed by atoms with E-state index in [1.165, 1.54) is 11.0 Å². The molecule has 0 heterocycles. The first-order valence-corrected chi connectivity index (χ1v) is 9.08. The molecule has 0 saturated heterocycles. The van der Waals surface area contributed by atoms with Gasteiger partial charge in [0.1, 0.15) is 6.04 Å². The van der Waals surface area contributed by atoms with Crippen LogP contribution in [0.2, 0.25) is 0 Å². The second kappa shape index (κ2) is 11.7. The summed E-state index contributed by atoms with van der Waals surface area (Å²) in [6.45, 7) is 5.90. The average molecular weight is 372 g/mol. The maximum Gasteiger partial charge on any atom is 0.326 e. The van der Waals surface area contributed by atoms with Gasteiger partial charge in [0.2, 0.25) is 11.8 Å². The number of carboxylic acid groups (broad SMARTS) is 1. The first kappa shape index (κ1) is 22.2. The lowest BCUT2D eigenvalue weighted by atomic mass is 10.1. The number of amides is 2. The number of carboxylic acids is 1. The Hall–Kier alpha value is -2.89. The number of rotatable bonds is 10. The zero-order valence-corrected chi connectivity index (χ0v) is 16.1. The summed E-state index contributed by atoms with van der Waals surface area (Å²) in [7, 11) is 0. The van der Waals surface area contributed by atoms with E-state index in [0.29, 0.717) is 25.1 Å². The highest BCUT2D eigenvalue weighted by Crippen LogP contribution is 2.10. The Morgan fingerprint density at radius 2 is 1.89 bits per heavy atom. The number of likely N-dealkylation sites (N-methyl/N-ethyl adjacent to an activating group) is 1. The van der Waals surface area contributed by atoms with Crippen molar-refractivity contribution < 1.29 is 19.5 Å². The molecule has 146 valence electrons. The highest BCUT2D eigenvalue weighted by Gasteiger charge is 2.26. The third-order valence-electron chi connectivity index (χ3n) is 4.23. The minimum absolute atomic E-state index is 0.168. The lowest BCUT2D eigenvalue weighted by Gasteiger charge is -2.26. The third-order valence-corrected chi connectivity index (χ3v) is 4.23. The van der Waals surface area contributed by atoms with Crippen LogP contribution in [0.1, 0.15) is 39.2 Å². The van der Waals surface area contributed by atoms with Gasteiger partial charge in [-0.3, -0.25) is 9.59 Å². The fraction of sp³-hybridized carbons (Fsp3) is 0.381. The molecular weight excluding hydrogens is 344 g/mol. The van der Waals surface area contributed by atoms with Crippen LogP contribution in [0.25, 0.3) is 6.08 Å². The van der Waals surface area contributed by atoms with Gasteiger partial charge in [0.05, 0.1) is 0 Å². The normalized spacial score (nSPS) is 12.6. The zero-order valence-electron chi connectivity index (χ0n) is 16.1. The Labute approximate surface area is 160 Å². The molecule has 0 aliphatic heterocycles. The van der Waals surface area contributed by atoms with Crippen molar-refractivity contribution in [2.45, 2.75) is 39.7 Å². The molecule has 6 nitrogen and oxygen atoms in total. The lowest BCUT2D eigenvalue weighted by molar-refractivity contribution is -0.148. The lowest BCUT2D eigenvalue weighted by Crippen LogP contribution is -2.44. The maximum absolute atomic E-state index is 12.5. The van der Waals surface area contributed by atoms with Crippen LogP contribution in [-0.4, -0.2) is 46.9 Å². The fourth-order valence-electron chi connectivity index (χ4n) is 2.54. The number of nitrogens with one attached hydrogen (secondary N) is 1. The number of allylic oxidation sites excluding steroid dienone is 1. The van der Waals surface area contributed by atoms with Gasteiger partial charge < -0.3 is 15.3 Å². The molecule has 0 radical (unpaired) electrons. The average Bonchev–Trinajstić information content (AvgIpc) is 2.68. The van der Waals surface area contributed by atoms with E-state index in [9.17, 15) is 19.5 Å². The minimum Gasteiger partial charge on any atom is -0.480 e. The Morgan fingerprint density at radius 3 is 2.44 bits per heavy atom. The number of carbonyl (C=O) groups is 3. The Kier molecular flexibility index (Phi) is 9.58. The van der Waals surface area contributed by atoms with Gasteiger partial charge in [-0.25, -0.2) is 4.79 Å². The maximum atomic E-state index is 12.5. The number of hydrogen-bond donors (Lipinski definition) is 2. The standard InChI is InChI=1S/C21H28N2O4/c1-4-16(3)20(25)22-15-9-12-18(21(26)27)23(5-2)19(24)14-13-17-10-7-6-8-11-17/h4,6-8,10-11,13-14,18H,5,9,12,15H2,1-3H3,(H,22,25)(H,26,27)/b14-13?,16-4+/t18-/m0/s1. The predicted octanol–water partition coefficient (Wildman–Crippen LogP) is 2.86. The largest absolute Gasteiger partial charge is 0.480 e. The molecule has 0 aliphatic carbocycles. The van der Waals surface area contributed by atoms with Crippen LogP contribution in [-0.2, 0) is 14.4 Å². The molecule has 0 fully saturated rings. The SMILES string of the molecule is C/C=C(\C)C(=O)NCCC[C@@H](C(=O)O)N(CC)C(=O)C=Cc1ccccc1. The molecule has 0 saturated carbocycles. The smallest absolute Gasteiger partial charge is 0.326 e. The summed E-state index contributed by atoms with van der Waals surface area (Å²) < 4.78 is 0. The van der Waals surface area contributed by atoms with E-state index < -0.39 is 12.0 Å². The quantitative estimate of drug-likeness (QED) is 0.488. The summed E-state index contributed by atoms with van der Waals surface area (Å²) in [6, 6.07) is 8.42. The predicted molar refractivity (Wildman–Crippen MR) is 106 cm³/mol. The molecule has 27 heavy (non-hydrogen) atoms. The van der Waals surface area contributed by atoms with Gasteiger partial charge in [0.15, 0.2) is 0 Å². The molecule has 0 aromatic heterocycles. The van der Waals surface area contributed by atoms with Crippen molar-refractivity contribution in [2.24, 2.45) is 0 Å². The van der Waals surface area contributed by atoms with Gasteiger partial charge in [-0.05, 0) is 45.3 Å². The summed E-state index contributed by atoms with van der Waals surface area (Å²) >= 11 is 0. The molecule has 1 atom stereocenters. The molecule has 0 spiro atoms. The molecule has 2 amide bonds. The molecule has 0 unspecified atom stereocenters. The number of benzene rings is 1. The summed E-state index contributed by atoms with van der Waals surface area (Å²) in [5.41, 5.74) is 1.48. The van der Waals surface area contributed by atoms with Crippen LogP contribution in [0, 0.1) is 0 Å². The van der Waals surface area contributed by atoms with Gasteiger partial charge in [-0.2, -0.15) is 0 Å². The van der Waals surface area contributed by atoms with Gasteiger partial charge in [-0.15, -0.1) is 0 Å². The molecule has 0 bridgehead atoms. The third kappa shape index (κ3) is 7.48. The minimum atomic E-state index is -1.05. The molecule has 1 rings (SSSR count). The molecule has 1 aromatic carbocycles. The van der Waals surface area contributed by atoms with Gasteiger partial charge in [0, 0.05) is 24.7 Å². The van der Waals surface area contributed by atoms with E-state index in [-0.39, 0.29) is 18.2 Å². The van der Waals surface area contributed by atoms with Crippen LogP contribution in [0.5, 0.6) is 0 Å². The second-order valence-corrected chi connectivity index (χ2v) is 6.09. The van der Waals surface area contributed by atoms with Crippen molar-refractivity contribution in [3.05, 3.63) is 53.6 Å². The van der Waals surface area contributed by atoms with Crippen LogP contribution < -0.4 is 5.32 Å². The van der Waals surface area contributed by atoms with Crippen molar-refractivity contribution in [2.75, 3.05) is 13.1 Å². The Morgan fingerprint density at radius 1 is 1.22 bits per heavy atom. The summed E-state index contributed by atoms with van der Waals surface area (Å²) in [5.74, 6) is -1.56. The summed E-state index contributed by atoms with van der Waals surface area (Å²) in [5, 5.41) is 12.3. The van der Waals surface area contributed by atoms with E-state index in [1.54, 1.807) is 32.9 Å². The van der Waals surface area contributed by atoms with Gasteiger partial charge in [-0.1, -0.05) is 36.4 Å². The van der Waals surface area contributed by atoms with Crippen LogP contribution in [0.15, 0.2) is 48.1 Å². The molecule has 2 N–H and O–H groups in total. The molecule has 6 heteroatoms. The highest BCUT2D eigenvalue weighted by molar-refractivity contribution is 5.94. The molecular formula is C21H28N2O4. The van der Waals surface area contributed by atoms with Crippen molar-refractivity contribution in [1.29, 1.82) is 0 Å². The first-order chi connectivity index (χ1) is 12.9. The van der Waals surface area contributed by atoms with Crippen molar-refractivity contribution in [1.82, 2.24) is 10.2 Å². The van der Waals surface area contributed by atoms with Crippen molar-refractivity contribution >= 4 is 23.9 Å². The Bertz CT molecular complexity index is 695. The summed E-state index contributed by atoms with van der Waals surface area (Å²) in [4.78, 5) is 37.1. The van der Waals surface area contributed by atoms with E-state index in [4.69, 9.17) is 0 Å². The monoisotopic (exact) mass is 372 g/mol. The summed E-state index contributed by atoms with van der Waals surface area (Å²) in [6.07, 6.45) is 5.51. The van der Waals surface area contributed by atoms with Gasteiger partial charge in [0.25, 0.3) is 0 Å². The number of nitrogens with zero attached hydrogens (tertiary/aromatic N) is 1. The van der Waals surface area contributed by atoms with Gasteiger partial charge >= 0.3 is 5.97 Å². The second-order valence-electron chi connectivity index (χ2n) is 6.09. The van der Waals surface area contributed by atoms with E-state index >= 15 is 0 Å². The number of aliphatic carboxylic acids is 1. The van der Waals surface area contributed by atoms with Crippen molar-refractivity contribution in [3.63, 3.8) is 0 Å². The van der Waals surface area contributed by atoms with Crippen LogP contribution in [0.3, 0.4) is 0 Å². The Balaban J connectivity index is 2.66. The van der Waals surface area contributed by atoms with E-state index in [1.807, 2.05) is 30.3 Å². The first-order valence-electron chi connectivity index (χ1n) is 9.08. The van der Waals surface area contributed by atoms with Crippen LogP contribution >= 0.6 is 0 Å². The van der Waals surface area contributed by atoms with Crippen molar-refractivity contribution in [3.8, 4) is 0 Å². The van der Waals surface area contributed by atoms with E-state index in [0.717, 1.165) is 5.56 Å². The number of carbonyl (C=O) groups excluding carboxylic acids is 2. The van der Waals surface area contributed by atoms with Crippen LogP contribution in [0.4, 0.5) is 0 Å². The highest BCUT2D eigenvalue weighted by atomic mass is 16.4.